The number of nitrogens with zero attached hydrogens (tertiary/aromatic N) is 1. The van der Waals surface area contributed by atoms with Gasteiger partial charge in [0.2, 0.25) is 0 Å². The van der Waals surface area contributed by atoms with Crippen LogP contribution in [0.1, 0.15) is 42.0 Å². The van der Waals surface area contributed by atoms with E-state index in [0.717, 1.165) is 41.5 Å². The van der Waals surface area contributed by atoms with Crippen molar-refractivity contribution in [1.82, 2.24) is 0 Å². The van der Waals surface area contributed by atoms with Gasteiger partial charge in [-0.1, -0.05) is 43.7 Å². The van der Waals surface area contributed by atoms with E-state index in [0.29, 0.717) is 29.5 Å². The van der Waals surface area contributed by atoms with Crippen molar-refractivity contribution in [2.45, 2.75) is 39.0 Å². The van der Waals surface area contributed by atoms with E-state index in [1.165, 1.54) is 6.07 Å². The first-order valence-corrected chi connectivity index (χ1v) is 9.76. The lowest BCUT2D eigenvalue weighted by Gasteiger charge is -2.23. The molecular weight excluding hydrogens is 352 g/mol. The molecule has 1 aliphatic rings. The Bertz CT molecular complexity index is 1080. The van der Waals surface area contributed by atoms with Crippen LogP contribution in [0.3, 0.4) is 0 Å². The molecule has 1 nitrogen and oxygen atoms in total. The van der Waals surface area contributed by atoms with Gasteiger partial charge >= 0.3 is 0 Å². The number of unbranched alkanes of at least 4 members (excludes halogenated alkanes) is 1. The Morgan fingerprint density at radius 2 is 1.68 bits per heavy atom. The molecule has 3 aromatic rings. The first kappa shape index (κ1) is 18.4. The van der Waals surface area contributed by atoms with E-state index in [9.17, 15) is 8.78 Å². The van der Waals surface area contributed by atoms with Gasteiger partial charge in [-0.15, -0.1) is 0 Å². The summed E-state index contributed by atoms with van der Waals surface area (Å²) < 4.78 is 29.6. The van der Waals surface area contributed by atoms with Crippen LogP contribution in [0.5, 0.6) is 0 Å². The van der Waals surface area contributed by atoms with Crippen LogP contribution in [0.2, 0.25) is 0 Å². The molecule has 3 heteroatoms. The van der Waals surface area contributed by atoms with Gasteiger partial charge in [0, 0.05) is 5.56 Å². The molecule has 0 bridgehead atoms. The van der Waals surface area contributed by atoms with Gasteiger partial charge in [-0.25, -0.2) is 8.78 Å². The SMILES string of the molecule is CCCCc1c(F)cc2c(c1F)CCc1cc(-c3ccc(C#N)cc3)ccc1-2. The monoisotopic (exact) mass is 373 g/mol. The third-order valence-corrected chi connectivity index (χ3v) is 5.58. The van der Waals surface area contributed by atoms with Crippen molar-refractivity contribution in [3.8, 4) is 28.3 Å². The number of aryl methyl sites for hydroxylation is 1. The summed E-state index contributed by atoms with van der Waals surface area (Å²) >= 11 is 0. The van der Waals surface area contributed by atoms with E-state index in [4.69, 9.17) is 5.26 Å². The van der Waals surface area contributed by atoms with Crippen LogP contribution in [-0.2, 0) is 19.3 Å². The van der Waals surface area contributed by atoms with E-state index in [1.54, 1.807) is 12.1 Å². The topological polar surface area (TPSA) is 23.8 Å². The maximum absolute atomic E-state index is 15.0. The molecular formula is C25H21F2N. The Kier molecular flexibility index (Phi) is 4.96. The normalized spacial score (nSPS) is 12.2. The standard InChI is InChI=1S/C25H21F2N/c1-2-3-4-22-24(26)14-23-20-11-9-18(17-7-5-16(15-28)6-8-17)13-19(20)10-12-21(23)25(22)27/h5-9,11,13-14H,2-4,10,12H2,1H3. The Morgan fingerprint density at radius 3 is 2.39 bits per heavy atom. The fourth-order valence-electron chi connectivity index (χ4n) is 4.01. The first-order chi connectivity index (χ1) is 13.6. The van der Waals surface area contributed by atoms with E-state index < -0.39 is 5.82 Å². The molecule has 0 atom stereocenters. The summed E-state index contributed by atoms with van der Waals surface area (Å²) in [7, 11) is 0. The van der Waals surface area contributed by atoms with Gasteiger partial charge in [0.1, 0.15) is 11.6 Å². The molecule has 0 saturated heterocycles. The highest BCUT2D eigenvalue weighted by atomic mass is 19.1. The van der Waals surface area contributed by atoms with Crippen LogP contribution in [0.25, 0.3) is 22.3 Å². The molecule has 3 aromatic carbocycles. The summed E-state index contributed by atoms with van der Waals surface area (Å²) in [5.41, 5.74) is 6.28. The number of rotatable bonds is 4. The molecule has 0 unspecified atom stereocenters. The molecule has 0 radical (unpaired) electrons. The molecule has 0 aromatic heterocycles. The highest BCUT2D eigenvalue weighted by Crippen LogP contribution is 2.39. The summed E-state index contributed by atoms with van der Waals surface area (Å²) in [5.74, 6) is -0.793. The molecule has 4 rings (SSSR count). The van der Waals surface area contributed by atoms with Gasteiger partial charge in [-0.2, -0.15) is 5.26 Å². The van der Waals surface area contributed by atoms with Crippen molar-refractivity contribution in [3.05, 3.63) is 82.4 Å². The Hall–Kier alpha value is -2.99. The minimum Gasteiger partial charge on any atom is -0.207 e. The molecule has 0 fully saturated rings. The molecule has 0 spiro atoms. The van der Waals surface area contributed by atoms with Crippen molar-refractivity contribution >= 4 is 0 Å². The fourth-order valence-corrected chi connectivity index (χ4v) is 4.01. The van der Waals surface area contributed by atoms with Crippen molar-refractivity contribution in [3.63, 3.8) is 0 Å². The second kappa shape index (κ2) is 7.56. The molecule has 28 heavy (non-hydrogen) atoms. The minimum atomic E-state index is -0.436. The van der Waals surface area contributed by atoms with Crippen LogP contribution in [-0.4, -0.2) is 0 Å². The van der Waals surface area contributed by atoms with Gasteiger partial charge in [0.15, 0.2) is 0 Å². The van der Waals surface area contributed by atoms with Crippen molar-refractivity contribution < 1.29 is 8.78 Å². The minimum absolute atomic E-state index is 0.234. The zero-order chi connectivity index (χ0) is 19.7. The molecule has 0 N–H and O–H groups in total. The number of nitriles is 1. The maximum atomic E-state index is 15.0. The zero-order valence-electron chi connectivity index (χ0n) is 15.9. The molecule has 0 aliphatic heterocycles. The zero-order valence-corrected chi connectivity index (χ0v) is 15.9. The lowest BCUT2D eigenvalue weighted by molar-refractivity contribution is 0.539. The van der Waals surface area contributed by atoms with E-state index >= 15 is 0 Å². The van der Waals surface area contributed by atoms with Gasteiger partial charge in [0.05, 0.1) is 11.6 Å². The van der Waals surface area contributed by atoms with Gasteiger partial charge in [0.25, 0.3) is 0 Å². The fraction of sp³-hybridized carbons (Fsp3) is 0.240. The van der Waals surface area contributed by atoms with Crippen LogP contribution in [0.4, 0.5) is 8.78 Å². The van der Waals surface area contributed by atoms with Gasteiger partial charge in [-0.05, 0) is 77.3 Å². The van der Waals surface area contributed by atoms with Crippen LogP contribution in [0.15, 0.2) is 48.5 Å². The second-order valence-corrected chi connectivity index (χ2v) is 7.34. The third-order valence-electron chi connectivity index (χ3n) is 5.58. The second-order valence-electron chi connectivity index (χ2n) is 7.34. The van der Waals surface area contributed by atoms with Crippen molar-refractivity contribution in [2.75, 3.05) is 0 Å². The summed E-state index contributed by atoms with van der Waals surface area (Å²) in [6, 6.07) is 17.1. The average Bonchev–Trinajstić information content (AvgIpc) is 2.73. The lowest BCUT2D eigenvalue weighted by atomic mass is 9.82. The van der Waals surface area contributed by atoms with Crippen LogP contribution < -0.4 is 0 Å². The van der Waals surface area contributed by atoms with E-state index in [2.05, 4.69) is 12.1 Å². The van der Waals surface area contributed by atoms with Crippen molar-refractivity contribution in [2.24, 2.45) is 0 Å². The number of hydrogen-bond acceptors (Lipinski definition) is 1. The number of hydrogen-bond donors (Lipinski definition) is 0. The Labute approximate surface area is 164 Å². The molecule has 0 amide bonds. The largest absolute Gasteiger partial charge is 0.207 e. The summed E-state index contributed by atoms with van der Waals surface area (Å²) in [6.07, 6.45) is 3.48. The number of halogens is 2. The Balaban J connectivity index is 1.75. The highest BCUT2D eigenvalue weighted by molar-refractivity contribution is 5.78. The smallest absolute Gasteiger partial charge is 0.133 e. The molecule has 0 saturated carbocycles. The predicted octanol–water partition coefficient (Wildman–Crippen LogP) is 6.61. The predicted molar refractivity (Wildman–Crippen MR) is 108 cm³/mol. The Morgan fingerprint density at radius 1 is 0.929 bits per heavy atom. The quantitative estimate of drug-likeness (QED) is 0.505. The van der Waals surface area contributed by atoms with Crippen molar-refractivity contribution in [1.29, 1.82) is 5.26 Å². The molecule has 140 valence electrons. The van der Waals surface area contributed by atoms with Crippen LogP contribution in [0, 0.1) is 23.0 Å². The average molecular weight is 373 g/mol. The van der Waals surface area contributed by atoms with Gasteiger partial charge in [-0.3, -0.25) is 0 Å². The summed E-state index contributed by atoms with van der Waals surface area (Å²) in [6.45, 7) is 2.02. The first-order valence-electron chi connectivity index (χ1n) is 9.76. The van der Waals surface area contributed by atoms with Crippen LogP contribution >= 0.6 is 0 Å². The molecule has 1 aliphatic carbocycles. The van der Waals surface area contributed by atoms with E-state index in [1.807, 2.05) is 31.2 Å². The highest BCUT2D eigenvalue weighted by Gasteiger charge is 2.24. The lowest BCUT2D eigenvalue weighted by Crippen LogP contribution is -2.10. The van der Waals surface area contributed by atoms with Gasteiger partial charge < -0.3 is 0 Å². The number of fused-ring (bicyclic) bond motifs is 3. The third kappa shape index (κ3) is 3.20. The summed E-state index contributed by atoms with van der Waals surface area (Å²) in [4.78, 5) is 0. The number of benzene rings is 3. The molecule has 0 heterocycles. The summed E-state index contributed by atoms with van der Waals surface area (Å²) in [5, 5.41) is 8.95. The maximum Gasteiger partial charge on any atom is 0.133 e. The van der Waals surface area contributed by atoms with E-state index in [-0.39, 0.29) is 11.4 Å².